The molecule has 1 heterocycles. The molecule has 1 amide bonds. The van der Waals surface area contributed by atoms with E-state index in [0.717, 1.165) is 17.0 Å². The number of nitrogens with zero attached hydrogens (tertiary/aromatic N) is 2. The normalized spacial score (nSPS) is 10.6. The van der Waals surface area contributed by atoms with Crippen LogP contribution in [-0.2, 0) is 10.5 Å². The number of hydrogen-bond donors (Lipinski definition) is 1. The number of benzene rings is 2. The molecule has 0 radical (unpaired) electrons. The molecule has 1 aromatic heterocycles. The maximum atomic E-state index is 12.0. The van der Waals surface area contributed by atoms with Crippen molar-refractivity contribution in [1.82, 2.24) is 9.78 Å². The molecule has 6 heteroatoms. The van der Waals surface area contributed by atoms with Crippen LogP contribution in [-0.4, -0.2) is 21.4 Å². The number of rotatable bonds is 6. The Morgan fingerprint density at radius 3 is 2.72 bits per heavy atom. The van der Waals surface area contributed by atoms with Gasteiger partial charge >= 0.3 is 0 Å². The maximum absolute atomic E-state index is 12.0. The Morgan fingerprint density at radius 2 is 2.04 bits per heavy atom. The van der Waals surface area contributed by atoms with E-state index in [1.807, 2.05) is 54.2 Å². The molecule has 0 saturated heterocycles. The monoisotopic (exact) mass is 371 g/mol. The summed E-state index contributed by atoms with van der Waals surface area (Å²) in [5.41, 5.74) is 3.91. The zero-order valence-electron chi connectivity index (χ0n) is 13.8. The number of aromatic nitrogens is 2. The molecule has 0 fully saturated rings. The van der Waals surface area contributed by atoms with E-state index in [-0.39, 0.29) is 5.91 Å². The molecule has 0 aliphatic rings. The summed E-state index contributed by atoms with van der Waals surface area (Å²) in [5.74, 6) is 1.10. The molecule has 1 N–H and O–H groups in total. The third kappa shape index (κ3) is 4.87. The lowest BCUT2D eigenvalue weighted by Gasteiger charge is -2.08. The molecule has 0 bridgehead atoms. The smallest absolute Gasteiger partial charge is 0.234 e. The van der Waals surface area contributed by atoms with Gasteiger partial charge in [0.1, 0.15) is 0 Å². The van der Waals surface area contributed by atoms with Gasteiger partial charge in [-0.3, -0.25) is 4.79 Å². The second kappa shape index (κ2) is 8.23. The second-order valence-electron chi connectivity index (χ2n) is 5.64. The first-order chi connectivity index (χ1) is 12.1. The van der Waals surface area contributed by atoms with E-state index in [1.54, 1.807) is 18.0 Å². The Hall–Kier alpha value is -2.24. The largest absolute Gasteiger partial charge is 0.324 e. The lowest BCUT2D eigenvalue weighted by atomic mass is 10.2. The van der Waals surface area contributed by atoms with Gasteiger partial charge in [-0.25, -0.2) is 4.68 Å². The quantitative estimate of drug-likeness (QED) is 0.682. The van der Waals surface area contributed by atoms with Crippen molar-refractivity contribution in [3.8, 4) is 5.69 Å². The zero-order chi connectivity index (χ0) is 17.6. The third-order valence-electron chi connectivity index (χ3n) is 3.61. The Kier molecular flexibility index (Phi) is 5.79. The Labute approximate surface area is 156 Å². The van der Waals surface area contributed by atoms with Crippen LogP contribution in [0.3, 0.4) is 0 Å². The fourth-order valence-corrected chi connectivity index (χ4v) is 3.41. The highest BCUT2D eigenvalue weighted by atomic mass is 35.5. The zero-order valence-corrected chi connectivity index (χ0v) is 15.3. The van der Waals surface area contributed by atoms with Crippen LogP contribution in [0.15, 0.2) is 60.9 Å². The molecule has 3 rings (SSSR count). The molecule has 0 aliphatic carbocycles. The summed E-state index contributed by atoms with van der Waals surface area (Å²) >= 11 is 7.70. The van der Waals surface area contributed by atoms with Crippen LogP contribution in [0, 0.1) is 6.92 Å². The number of anilines is 1. The van der Waals surface area contributed by atoms with Gasteiger partial charge in [0, 0.05) is 18.1 Å². The molecule has 0 spiro atoms. The molecule has 0 aliphatic heterocycles. The van der Waals surface area contributed by atoms with Gasteiger partial charge in [0.2, 0.25) is 5.91 Å². The minimum Gasteiger partial charge on any atom is -0.324 e. The van der Waals surface area contributed by atoms with E-state index < -0.39 is 0 Å². The molecule has 25 heavy (non-hydrogen) atoms. The van der Waals surface area contributed by atoms with E-state index in [2.05, 4.69) is 22.5 Å². The predicted molar refractivity (Wildman–Crippen MR) is 105 cm³/mol. The van der Waals surface area contributed by atoms with Crippen molar-refractivity contribution in [3.05, 3.63) is 77.1 Å². The minimum absolute atomic E-state index is 0.0519. The molecule has 0 saturated carbocycles. The van der Waals surface area contributed by atoms with E-state index >= 15 is 0 Å². The van der Waals surface area contributed by atoms with E-state index in [0.29, 0.717) is 16.5 Å². The van der Waals surface area contributed by atoms with E-state index in [9.17, 15) is 4.79 Å². The SMILES string of the molecule is Cc1ccc(NC(=O)CSCc2ccc(-n3cccn3)cc2)c(Cl)c1. The van der Waals surface area contributed by atoms with Crippen LogP contribution in [0.5, 0.6) is 0 Å². The maximum Gasteiger partial charge on any atom is 0.234 e. The van der Waals surface area contributed by atoms with Gasteiger partial charge in [-0.1, -0.05) is 29.8 Å². The first kappa shape index (κ1) is 17.6. The summed E-state index contributed by atoms with van der Waals surface area (Å²) in [6.45, 7) is 1.96. The molecule has 3 aromatic rings. The van der Waals surface area contributed by atoms with Crippen molar-refractivity contribution in [1.29, 1.82) is 0 Å². The molecule has 128 valence electrons. The van der Waals surface area contributed by atoms with Gasteiger partial charge in [0.25, 0.3) is 0 Å². The fourth-order valence-electron chi connectivity index (χ4n) is 2.34. The molecular weight excluding hydrogens is 354 g/mol. The lowest BCUT2D eigenvalue weighted by molar-refractivity contribution is -0.113. The highest BCUT2D eigenvalue weighted by molar-refractivity contribution is 7.99. The van der Waals surface area contributed by atoms with Crippen molar-refractivity contribution < 1.29 is 4.79 Å². The summed E-state index contributed by atoms with van der Waals surface area (Å²) in [5, 5.41) is 7.61. The number of carbonyl (C=O) groups is 1. The van der Waals surface area contributed by atoms with Crippen molar-refractivity contribution in [2.75, 3.05) is 11.1 Å². The topological polar surface area (TPSA) is 46.9 Å². The summed E-state index contributed by atoms with van der Waals surface area (Å²) in [6.07, 6.45) is 3.66. The average Bonchev–Trinajstić information content (AvgIpc) is 3.13. The summed E-state index contributed by atoms with van der Waals surface area (Å²) in [7, 11) is 0. The number of thioether (sulfide) groups is 1. The minimum atomic E-state index is -0.0519. The van der Waals surface area contributed by atoms with Gasteiger partial charge in [-0.15, -0.1) is 11.8 Å². The van der Waals surface area contributed by atoms with Gasteiger partial charge < -0.3 is 5.32 Å². The molecular formula is C19H18ClN3OS. The van der Waals surface area contributed by atoms with Crippen LogP contribution in [0.1, 0.15) is 11.1 Å². The van der Waals surface area contributed by atoms with Crippen LogP contribution >= 0.6 is 23.4 Å². The van der Waals surface area contributed by atoms with Crippen LogP contribution in [0.2, 0.25) is 5.02 Å². The number of hydrogen-bond acceptors (Lipinski definition) is 3. The van der Waals surface area contributed by atoms with Crippen LogP contribution in [0.25, 0.3) is 5.69 Å². The van der Waals surface area contributed by atoms with Crippen molar-refractivity contribution in [3.63, 3.8) is 0 Å². The first-order valence-corrected chi connectivity index (χ1v) is 9.38. The number of halogens is 1. The molecule has 0 unspecified atom stereocenters. The van der Waals surface area contributed by atoms with Crippen LogP contribution in [0.4, 0.5) is 5.69 Å². The van der Waals surface area contributed by atoms with Crippen molar-refractivity contribution >= 4 is 35.0 Å². The first-order valence-electron chi connectivity index (χ1n) is 7.84. The van der Waals surface area contributed by atoms with Crippen LogP contribution < -0.4 is 5.32 Å². The molecule has 4 nitrogen and oxygen atoms in total. The summed E-state index contributed by atoms with van der Waals surface area (Å²) in [6, 6.07) is 15.6. The second-order valence-corrected chi connectivity index (χ2v) is 7.03. The summed E-state index contributed by atoms with van der Waals surface area (Å²) < 4.78 is 1.82. The lowest BCUT2D eigenvalue weighted by Crippen LogP contribution is -2.14. The standard InChI is InChI=1S/C19H18ClN3OS/c1-14-3-8-18(17(20)11-14)22-19(24)13-25-12-15-4-6-16(7-5-15)23-10-2-9-21-23/h2-11H,12-13H2,1H3,(H,22,24). The Bertz CT molecular complexity index is 848. The van der Waals surface area contributed by atoms with E-state index in [4.69, 9.17) is 11.6 Å². The Balaban J connectivity index is 1.48. The fraction of sp³-hybridized carbons (Fsp3) is 0.158. The third-order valence-corrected chi connectivity index (χ3v) is 4.92. The molecule has 2 aromatic carbocycles. The highest BCUT2D eigenvalue weighted by Crippen LogP contribution is 2.23. The number of aryl methyl sites for hydroxylation is 1. The van der Waals surface area contributed by atoms with Gasteiger partial charge in [-0.2, -0.15) is 5.10 Å². The van der Waals surface area contributed by atoms with Gasteiger partial charge in [0.15, 0.2) is 0 Å². The van der Waals surface area contributed by atoms with E-state index in [1.165, 1.54) is 5.56 Å². The predicted octanol–water partition coefficient (Wildman–Crippen LogP) is 4.71. The number of nitrogens with one attached hydrogen (secondary N) is 1. The van der Waals surface area contributed by atoms with Crippen molar-refractivity contribution in [2.45, 2.75) is 12.7 Å². The number of carbonyl (C=O) groups excluding carboxylic acids is 1. The van der Waals surface area contributed by atoms with Crippen molar-refractivity contribution in [2.24, 2.45) is 0 Å². The average molecular weight is 372 g/mol. The number of amides is 1. The summed E-state index contributed by atoms with van der Waals surface area (Å²) in [4.78, 5) is 12.0. The highest BCUT2D eigenvalue weighted by Gasteiger charge is 2.06. The van der Waals surface area contributed by atoms with Gasteiger partial charge in [0.05, 0.1) is 22.2 Å². The van der Waals surface area contributed by atoms with Gasteiger partial charge in [-0.05, 0) is 48.4 Å². The Morgan fingerprint density at radius 1 is 1.24 bits per heavy atom. The molecule has 0 atom stereocenters.